The molecule has 1 aromatic rings. The van der Waals surface area contributed by atoms with Gasteiger partial charge >= 0.3 is 11.7 Å². The molecule has 2 N–H and O–H groups in total. The molecule has 0 aliphatic rings. The van der Waals surface area contributed by atoms with Crippen LogP contribution in [0.15, 0.2) is 21.5 Å². The van der Waals surface area contributed by atoms with Gasteiger partial charge in [-0.15, -0.1) is 0 Å². The molecule has 0 aliphatic heterocycles. The van der Waals surface area contributed by atoms with Gasteiger partial charge in [0.25, 0.3) is 0 Å². The molecule has 9 heteroatoms. The van der Waals surface area contributed by atoms with E-state index in [1.807, 2.05) is 0 Å². The van der Waals surface area contributed by atoms with Crippen molar-refractivity contribution < 1.29 is 26.3 Å². The second kappa shape index (κ2) is 4.60. The number of hydrogen-bond acceptors (Lipinski definition) is 2. The van der Waals surface area contributed by atoms with E-state index in [2.05, 4.69) is 15.9 Å². The smallest absolute Gasteiger partial charge is 0.398 e. The Labute approximate surface area is 104 Å². The summed E-state index contributed by atoms with van der Waals surface area (Å²) in [5.41, 5.74) is -1.05. The van der Waals surface area contributed by atoms with E-state index >= 15 is 0 Å². The van der Waals surface area contributed by atoms with E-state index < -0.39 is 38.4 Å². The second-order valence-electron chi connectivity index (χ2n) is 2.89. The summed E-state index contributed by atoms with van der Waals surface area (Å²) >= 11 is 1.81. The van der Waals surface area contributed by atoms with Crippen molar-refractivity contribution in [1.29, 1.82) is 0 Å². The van der Waals surface area contributed by atoms with Crippen LogP contribution in [-0.4, -0.2) is 5.51 Å². The quantitative estimate of drug-likeness (QED) is 0.457. The molecule has 1 rings (SSSR count). The highest BCUT2D eigenvalue weighted by molar-refractivity contribution is 9.10. The molecule has 0 saturated carbocycles. The lowest BCUT2D eigenvalue weighted by atomic mass is 10.2. The molecule has 0 atom stereocenters. The first-order valence-electron chi connectivity index (χ1n) is 3.93. The van der Waals surface area contributed by atoms with Crippen molar-refractivity contribution in [3.63, 3.8) is 0 Å². The van der Waals surface area contributed by atoms with E-state index in [-0.39, 0.29) is 5.69 Å². The normalized spacial score (nSPS) is 12.9. The van der Waals surface area contributed by atoms with Crippen molar-refractivity contribution in [2.24, 2.45) is 0 Å². The maximum absolute atomic E-state index is 12.4. The van der Waals surface area contributed by atoms with Crippen LogP contribution in [0.25, 0.3) is 0 Å². The number of thioether (sulfide) groups is 1. The number of halogens is 7. The third-order valence-electron chi connectivity index (χ3n) is 1.65. The molecule has 0 heterocycles. The maximum atomic E-state index is 12.4. The number of anilines is 1. The third kappa shape index (κ3) is 3.70. The summed E-state index contributed by atoms with van der Waals surface area (Å²) in [6, 6.07) is 1.42. The van der Waals surface area contributed by atoms with Crippen LogP contribution in [0.1, 0.15) is 5.56 Å². The van der Waals surface area contributed by atoms with Crippen LogP contribution in [0, 0.1) is 0 Å². The zero-order valence-electron chi connectivity index (χ0n) is 7.79. The number of nitrogens with two attached hydrogens (primary N) is 1. The molecule has 96 valence electrons. The molecule has 0 amide bonds. The van der Waals surface area contributed by atoms with Gasteiger partial charge in [-0.05, 0) is 39.8 Å². The molecule has 0 bridgehead atoms. The van der Waals surface area contributed by atoms with Gasteiger partial charge in [-0.25, -0.2) is 0 Å². The summed E-state index contributed by atoms with van der Waals surface area (Å²) in [4.78, 5) is -0.688. The molecule has 1 aromatic carbocycles. The van der Waals surface area contributed by atoms with Crippen LogP contribution in [0.5, 0.6) is 0 Å². The lowest BCUT2D eigenvalue weighted by Crippen LogP contribution is -2.09. The Morgan fingerprint density at radius 3 is 2.00 bits per heavy atom. The first kappa shape index (κ1) is 14.5. The van der Waals surface area contributed by atoms with E-state index in [1.54, 1.807) is 0 Å². The van der Waals surface area contributed by atoms with E-state index in [1.165, 1.54) is 0 Å². The molecule has 0 radical (unpaired) electrons. The highest BCUT2D eigenvalue weighted by atomic mass is 79.9. The Bertz CT molecular complexity index is 427. The predicted octanol–water partition coefficient (Wildman–Crippen LogP) is 4.66. The number of nitrogen functional groups attached to an aromatic ring is 1. The summed E-state index contributed by atoms with van der Waals surface area (Å²) in [5, 5.41) is 0. The van der Waals surface area contributed by atoms with Crippen LogP contribution >= 0.6 is 27.7 Å². The fraction of sp³-hybridized carbons (Fsp3) is 0.250. The van der Waals surface area contributed by atoms with Crippen LogP contribution in [0.2, 0.25) is 0 Å². The number of hydrogen-bond donors (Lipinski definition) is 1. The number of benzene rings is 1. The van der Waals surface area contributed by atoms with E-state index in [4.69, 9.17) is 5.73 Å². The molecule has 0 aliphatic carbocycles. The van der Waals surface area contributed by atoms with Gasteiger partial charge in [0, 0.05) is 10.2 Å². The highest BCUT2D eigenvalue weighted by Gasteiger charge is 2.37. The summed E-state index contributed by atoms with van der Waals surface area (Å²) in [7, 11) is 0. The highest BCUT2D eigenvalue weighted by Crippen LogP contribution is 2.47. The first-order chi connectivity index (χ1) is 7.52. The zero-order chi connectivity index (χ0) is 13.4. The largest absolute Gasteiger partial charge is 0.446 e. The van der Waals surface area contributed by atoms with Gasteiger partial charge < -0.3 is 5.73 Å². The Hall–Kier alpha value is -0.570. The second-order valence-corrected chi connectivity index (χ2v) is 4.76. The molecule has 0 saturated heterocycles. The van der Waals surface area contributed by atoms with Gasteiger partial charge in [0.15, 0.2) is 0 Å². The van der Waals surface area contributed by atoms with Gasteiger partial charge in [0.05, 0.1) is 10.5 Å². The number of alkyl halides is 6. The van der Waals surface area contributed by atoms with Gasteiger partial charge in [0.1, 0.15) is 0 Å². The van der Waals surface area contributed by atoms with Crippen LogP contribution in [0.3, 0.4) is 0 Å². The van der Waals surface area contributed by atoms with E-state index in [0.29, 0.717) is 6.07 Å². The standard InChI is InChI=1S/C8H4BrF6NS/c9-5-3(7(10,11)12)1-2-4(16)6(5)17-8(13,14)15/h1-2H,16H2. The van der Waals surface area contributed by atoms with Crippen LogP contribution in [-0.2, 0) is 6.18 Å². The van der Waals surface area contributed by atoms with Gasteiger partial charge in [0.2, 0.25) is 0 Å². The lowest BCUT2D eigenvalue weighted by Gasteiger charge is -2.15. The molecule has 1 nitrogen and oxygen atoms in total. The average molecular weight is 340 g/mol. The lowest BCUT2D eigenvalue weighted by molar-refractivity contribution is -0.138. The maximum Gasteiger partial charge on any atom is 0.446 e. The minimum Gasteiger partial charge on any atom is -0.398 e. The monoisotopic (exact) mass is 339 g/mol. The minimum atomic E-state index is -4.74. The fourth-order valence-corrected chi connectivity index (χ4v) is 2.45. The third-order valence-corrected chi connectivity index (χ3v) is 3.61. The molecule has 0 spiro atoms. The summed E-state index contributed by atoms with van der Waals surface area (Å²) in [5.74, 6) is 0. The van der Waals surface area contributed by atoms with Crippen molar-refractivity contribution in [3.8, 4) is 0 Å². The van der Waals surface area contributed by atoms with Crippen molar-refractivity contribution in [2.45, 2.75) is 16.6 Å². The Morgan fingerprint density at radius 1 is 1.06 bits per heavy atom. The van der Waals surface area contributed by atoms with E-state index in [9.17, 15) is 26.3 Å². The average Bonchev–Trinajstić information content (AvgIpc) is 2.08. The molecule has 0 aromatic heterocycles. The first-order valence-corrected chi connectivity index (χ1v) is 5.54. The van der Waals surface area contributed by atoms with Gasteiger partial charge in [-0.3, -0.25) is 0 Å². The molecular weight excluding hydrogens is 336 g/mol. The molecule has 17 heavy (non-hydrogen) atoms. The Balaban J connectivity index is 3.31. The molecular formula is C8H4BrF6NS. The van der Waals surface area contributed by atoms with Crippen molar-refractivity contribution in [2.75, 3.05) is 5.73 Å². The zero-order valence-corrected chi connectivity index (χ0v) is 10.2. The van der Waals surface area contributed by atoms with E-state index in [0.717, 1.165) is 6.07 Å². The SMILES string of the molecule is Nc1ccc(C(F)(F)F)c(Br)c1SC(F)(F)F. The summed E-state index contributed by atoms with van der Waals surface area (Å²) < 4.78 is 73.0. The van der Waals surface area contributed by atoms with Gasteiger partial charge in [-0.2, -0.15) is 26.3 Å². The topological polar surface area (TPSA) is 26.0 Å². The minimum absolute atomic E-state index is 0.368. The van der Waals surface area contributed by atoms with Gasteiger partial charge in [-0.1, -0.05) is 0 Å². The molecule has 0 fully saturated rings. The van der Waals surface area contributed by atoms with Crippen LogP contribution in [0.4, 0.5) is 32.0 Å². The predicted molar refractivity (Wildman–Crippen MR) is 55.5 cm³/mol. The van der Waals surface area contributed by atoms with Crippen LogP contribution < -0.4 is 5.73 Å². The van der Waals surface area contributed by atoms with Crippen molar-refractivity contribution in [3.05, 3.63) is 22.2 Å². The van der Waals surface area contributed by atoms with Crippen molar-refractivity contribution >= 4 is 33.4 Å². The fourth-order valence-electron chi connectivity index (χ4n) is 1.01. The summed E-state index contributed by atoms with van der Waals surface area (Å²) in [6.07, 6.45) is -4.74. The van der Waals surface area contributed by atoms with Crippen molar-refractivity contribution in [1.82, 2.24) is 0 Å². The molecule has 0 unspecified atom stereocenters. The Morgan fingerprint density at radius 2 is 1.59 bits per heavy atom. The Kier molecular flexibility index (Phi) is 3.92. The number of rotatable bonds is 1. The summed E-state index contributed by atoms with van der Waals surface area (Å²) in [6.45, 7) is 0.